The molecule has 0 saturated carbocycles. The fraction of sp³-hybridized carbons (Fsp3) is 0.238. The van der Waals surface area contributed by atoms with Gasteiger partial charge in [0, 0.05) is 11.6 Å². The van der Waals surface area contributed by atoms with Gasteiger partial charge in [0.05, 0.1) is 6.26 Å². The Kier molecular flexibility index (Phi) is 4.87. The van der Waals surface area contributed by atoms with Gasteiger partial charge in [-0.05, 0) is 56.2 Å². The van der Waals surface area contributed by atoms with Crippen LogP contribution in [0.1, 0.15) is 29.8 Å². The largest absolute Gasteiger partial charge is 0.508 e. The number of ketones is 1. The molecular weight excluding hydrogens is 364 g/mol. The van der Waals surface area contributed by atoms with Crippen LogP contribution in [0, 0.1) is 6.92 Å². The van der Waals surface area contributed by atoms with Crippen molar-refractivity contribution in [3.8, 4) is 11.5 Å². The molecule has 3 rings (SSSR count). The summed E-state index contributed by atoms with van der Waals surface area (Å²) in [6.45, 7) is 4.57. The van der Waals surface area contributed by atoms with Gasteiger partial charge in [-0.15, -0.1) is 0 Å². The van der Waals surface area contributed by atoms with E-state index in [1.165, 1.54) is 32.3 Å². The summed E-state index contributed by atoms with van der Waals surface area (Å²) in [6.07, 6.45) is 6.31. The Morgan fingerprint density at radius 1 is 1.29 bits per heavy atom. The van der Waals surface area contributed by atoms with Crippen LogP contribution in [0.25, 0.3) is 0 Å². The van der Waals surface area contributed by atoms with E-state index in [2.05, 4.69) is 0 Å². The second-order valence-electron chi connectivity index (χ2n) is 6.79. The van der Waals surface area contributed by atoms with Crippen LogP contribution in [0.5, 0.6) is 11.5 Å². The quantitative estimate of drug-likeness (QED) is 0.687. The number of hydrogen-bond donors (Lipinski definition) is 3. The number of carbonyl (C=O) groups excluding carboxylic acids is 2. The van der Waals surface area contributed by atoms with Gasteiger partial charge in [0.2, 0.25) is 0 Å². The highest BCUT2D eigenvalue weighted by Crippen LogP contribution is 2.37. The molecule has 0 amide bonds. The second kappa shape index (κ2) is 7.01. The van der Waals surface area contributed by atoms with Gasteiger partial charge >= 0.3 is 5.97 Å². The van der Waals surface area contributed by atoms with Gasteiger partial charge in [-0.2, -0.15) is 0 Å². The molecule has 146 valence electrons. The van der Waals surface area contributed by atoms with E-state index in [4.69, 9.17) is 9.47 Å². The molecule has 0 unspecified atom stereocenters. The average molecular weight is 384 g/mol. The van der Waals surface area contributed by atoms with Crippen molar-refractivity contribution in [2.24, 2.45) is 0 Å². The Balaban J connectivity index is 1.98. The van der Waals surface area contributed by atoms with E-state index in [9.17, 15) is 24.9 Å². The number of aryl methyl sites for hydroxylation is 1. The number of carbonyl (C=O) groups is 2. The van der Waals surface area contributed by atoms with Gasteiger partial charge in [0.25, 0.3) is 0 Å². The van der Waals surface area contributed by atoms with Crippen LogP contribution in [0.3, 0.4) is 0 Å². The summed E-state index contributed by atoms with van der Waals surface area (Å²) < 4.78 is 10.9. The minimum atomic E-state index is -2.01. The minimum absolute atomic E-state index is 0.167. The van der Waals surface area contributed by atoms with Crippen LogP contribution in [-0.4, -0.2) is 38.8 Å². The first-order chi connectivity index (χ1) is 13.1. The van der Waals surface area contributed by atoms with Crippen LogP contribution >= 0.6 is 0 Å². The standard InChI is InChI=1S/C21H20O7/c1-4-5-14-7-12-8-17(24)21(3,26)19(15(12)10-27-14)28-20(25)18-11(2)6-13(22)9-16(18)23/h4-10,19,22-23,26H,1-3H3/b5-4+/t19-,21+/m0/s1. The number of aliphatic hydroxyl groups is 1. The van der Waals surface area contributed by atoms with Crippen LogP contribution < -0.4 is 0 Å². The van der Waals surface area contributed by atoms with E-state index in [1.807, 2.05) is 6.92 Å². The first kappa shape index (κ1) is 19.4. The summed E-state index contributed by atoms with van der Waals surface area (Å²) >= 11 is 0. The fourth-order valence-electron chi connectivity index (χ4n) is 3.14. The zero-order valence-corrected chi connectivity index (χ0v) is 15.6. The molecule has 1 aliphatic heterocycles. The molecule has 0 aromatic heterocycles. The lowest BCUT2D eigenvalue weighted by Crippen LogP contribution is -2.52. The number of benzene rings is 1. The molecule has 1 aliphatic carbocycles. The zero-order chi connectivity index (χ0) is 20.6. The smallest absolute Gasteiger partial charge is 0.342 e. The van der Waals surface area contributed by atoms with E-state index >= 15 is 0 Å². The van der Waals surface area contributed by atoms with Crippen molar-refractivity contribution in [2.75, 3.05) is 0 Å². The zero-order valence-electron chi connectivity index (χ0n) is 15.6. The molecule has 7 nitrogen and oxygen atoms in total. The Labute approximate surface area is 161 Å². The van der Waals surface area contributed by atoms with E-state index < -0.39 is 29.2 Å². The van der Waals surface area contributed by atoms with Crippen molar-refractivity contribution >= 4 is 11.8 Å². The van der Waals surface area contributed by atoms with Crippen LogP contribution in [0.15, 0.2) is 59.6 Å². The molecule has 0 fully saturated rings. The first-order valence-electron chi connectivity index (χ1n) is 8.58. The topological polar surface area (TPSA) is 113 Å². The third-order valence-electron chi connectivity index (χ3n) is 4.59. The number of hydrogen-bond acceptors (Lipinski definition) is 7. The molecule has 0 saturated heterocycles. The molecule has 0 spiro atoms. The lowest BCUT2D eigenvalue weighted by molar-refractivity contribution is -0.140. The van der Waals surface area contributed by atoms with E-state index in [1.54, 1.807) is 18.2 Å². The molecule has 1 heterocycles. The van der Waals surface area contributed by atoms with Gasteiger partial charge in [-0.3, -0.25) is 4.79 Å². The molecule has 2 aliphatic rings. The molecule has 0 radical (unpaired) electrons. The highest BCUT2D eigenvalue weighted by molar-refractivity contribution is 6.02. The average Bonchev–Trinajstić information content (AvgIpc) is 2.58. The summed E-state index contributed by atoms with van der Waals surface area (Å²) in [7, 11) is 0. The van der Waals surface area contributed by atoms with E-state index in [0.717, 1.165) is 6.07 Å². The Morgan fingerprint density at radius 2 is 2.00 bits per heavy atom. The van der Waals surface area contributed by atoms with Crippen LogP contribution in [-0.2, 0) is 14.3 Å². The molecular formula is C21H20O7. The van der Waals surface area contributed by atoms with Crippen molar-refractivity contribution < 1.29 is 34.4 Å². The predicted octanol–water partition coefficient (Wildman–Crippen LogP) is 2.57. The molecule has 1 aromatic rings. The molecule has 7 heteroatoms. The summed E-state index contributed by atoms with van der Waals surface area (Å²) in [5, 5.41) is 30.2. The fourth-order valence-corrected chi connectivity index (χ4v) is 3.14. The van der Waals surface area contributed by atoms with Crippen molar-refractivity contribution in [1.82, 2.24) is 0 Å². The number of ether oxygens (including phenoxy) is 2. The molecule has 28 heavy (non-hydrogen) atoms. The lowest BCUT2D eigenvalue weighted by Gasteiger charge is -2.36. The van der Waals surface area contributed by atoms with E-state index in [0.29, 0.717) is 16.9 Å². The number of rotatable bonds is 3. The number of fused-ring (bicyclic) bond motifs is 1. The third kappa shape index (κ3) is 3.32. The number of phenolic OH excluding ortho intramolecular Hbond substituents is 2. The molecule has 3 N–H and O–H groups in total. The highest BCUT2D eigenvalue weighted by atomic mass is 16.6. The van der Waals surface area contributed by atoms with Crippen molar-refractivity contribution in [3.63, 3.8) is 0 Å². The van der Waals surface area contributed by atoms with E-state index in [-0.39, 0.29) is 16.9 Å². The number of phenols is 2. The summed E-state index contributed by atoms with van der Waals surface area (Å²) in [5.41, 5.74) is -1.12. The van der Waals surface area contributed by atoms with Crippen molar-refractivity contribution in [1.29, 1.82) is 0 Å². The summed E-state index contributed by atoms with van der Waals surface area (Å²) in [5.74, 6) is -1.75. The Hall–Kier alpha value is -3.32. The minimum Gasteiger partial charge on any atom is -0.508 e. The first-order valence-corrected chi connectivity index (χ1v) is 8.58. The van der Waals surface area contributed by atoms with Gasteiger partial charge < -0.3 is 24.8 Å². The van der Waals surface area contributed by atoms with Crippen LogP contribution in [0.2, 0.25) is 0 Å². The molecule has 1 aromatic carbocycles. The van der Waals surface area contributed by atoms with Crippen molar-refractivity contribution in [3.05, 3.63) is 70.7 Å². The van der Waals surface area contributed by atoms with Crippen molar-refractivity contribution in [2.45, 2.75) is 32.5 Å². The maximum Gasteiger partial charge on any atom is 0.342 e. The maximum atomic E-state index is 12.7. The maximum absolute atomic E-state index is 12.7. The Morgan fingerprint density at radius 3 is 2.64 bits per heavy atom. The Bertz CT molecular complexity index is 953. The lowest BCUT2D eigenvalue weighted by atomic mass is 9.79. The van der Waals surface area contributed by atoms with Gasteiger partial charge in [0.1, 0.15) is 22.8 Å². The highest BCUT2D eigenvalue weighted by Gasteiger charge is 2.48. The molecule has 0 bridgehead atoms. The number of aromatic hydroxyl groups is 2. The molecule has 2 atom stereocenters. The van der Waals surface area contributed by atoms with Crippen LogP contribution in [0.4, 0.5) is 0 Å². The van der Waals surface area contributed by atoms with Gasteiger partial charge in [-0.1, -0.05) is 6.08 Å². The normalized spacial score (nSPS) is 24.1. The number of allylic oxidation sites excluding steroid dienone is 3. The predicted molar refractivity (Wildman–Crippen MR) is 99.5 cm³/mol. The second-order valence-corrected chi connectivity index (χ2v) is 6.79. The van der Waals surface area contributed by atoms with Gasteiger partial charge in [-0.25, -0.2) is 4.79 Å². The monoisotopic (exact) mass is 384 g/mol. The van der Waals surface area contributed by atoms with Gasteiger partial charge in [0.15, 0.2) is 17.5 Å². The number of esters is 1. The SMILES string of the molecule is C/C=C/C1=CC2=CC(=O)[C@@](C)(O)[C@@H](OC(=O)c3c(C)cc(O)cc3O)C2=CO1. The summed E-state index contributed by atoms with van der Waals surface area (Å²) in [6, 6.07) is 2.30. The third-order valence-corrected chi connectivity index (χ3v) is 4.59. The summed E-state index contributed by atoms with van der Waals surface area (Å²) in [4.78, 5) is 25.1.